The van der Waals surface area contributed by atoms with Gasteiger partial charge in [0.1, 0.15) is 11.9 Å². The van der Waals surface area contributed by atoms with Crippen LogP contribution in [0.5, 0.6) is 0 Å². The van der Waals surface area contributed by atoms with Gasteiger partial charge in [-0.1, -0.05) is 48.5 Å². The van der Waals surface area contributed by atoms with Crippen LogP contribution in [-0.4, -0.2) is 18.2 Å². The van der Waals surface area contributed by atoms with Crippen molar-refractivity contribution in [3.8, 4) is 0 Å². The van der Waals surface area contributed by atoms with Crippen molar-refractivity contribution in [2.24, 2.45) is 5.10 Å². The third-order valence-corrected chi connectivity index (χ3v) is 3.81. The molecule has 0 aromatic heterocycles. The number of hydrazone groups is 1. The van der Waals surface area contributed by atoms with E-state index in [1.807, 2.05) is 42.5 Å². The zero-order chi connectivity index (χ0) is 17.6. The number of fused-ring (bicyclic) bond motifs is 1. The molecule has 0 spiro atoms. The van der Waals surface area contributed by atoms with Crippen LogP contribution in [0, 0.1) is 5.82 Å². The highest BCUT2D eigenvalue weighted by atomic mass is 19.1. The molecule has 25 heavy (non-hydrogen) atoms. The molecule has 0 radical (unpaired) electrons. The Morgan fingerprint density at radius 2 is 1.76 bits per heavy atom. The summed E-state index contributed by atoms with van der Waals surface area (Å²) in [5.74, 6) is -0.691. The number of carbonyl (C=O) groups excluding carboxylic acids is 1. The molecule has 0 aliphatic carbocycles. The molecule has 126 valence electrons. The minimum atomic E-state index is -0.487. The summed E-state index contributed by atoms with van der Waals surface area (Å²) < 4.78 is 13.5. The highest BCUT2D eigenvalue weighted by molar-refractivity contribution is 5.89. The highest BCUT2D eigenvalue weighted by Gasteiger charge is 2.11. The van der Waals surface area contributed by atoms with E-state index in [1.54, 1.807) is 25.1 Å². The van der Waals surface area contributed by atoms with E-state index in [1.165, 1.54) is 12.3 Å². The lowest BCUT2D eigenvalue weighted by Crippen LogP contribution is -2.34. The van der Waals surface area contributed by atoms with Crippen molar-refractivity contribution in [2.45, 2.75) is 13.0 Å². The lowest BCUT2D eigenvalue weighted by Gasteiger charge is -2.14. The van der Waals surface area contributed by atoms with E-state index in [4.69, 9.17) is 0 Å². The van der Waals surface area contributed by atoms with Crippen molar-refractivity contribution in [3.63, 3.8) is 0 Å². The van der Waals surface area contributed by atoms with Gasteiger partial charge >= 0.3 is 0 Å². The Morgan fingerprint density at radius 1 is 1.04 bits per heavy atom. The molecule has 3 rings (SSSR count). The van der Waals surface area contributed by atoms with Gasteiger partial charge in [-0.3, -0.25) is 4.79 Å². The average Bonchev–Trinajstić information content (AvgIpc) is 2.63. The topological polar surface area (TPSA) is 53.5 Å². The number of halogens is 1. The van der Waals surface area contributed by atoms with Gasteiger partial charge in [0.05, 0.1) is 6.21 Å². The number of hydrogen-bond acceptors (Lipinski definition) is 3. The second-order valence-corrected chi connectivity index (χ2v) is 5.68. The van der Waals surface area contributed by atoms with E-state index in [-0.39, 0.29) is 11.7 Å². The molecule has 0 heterocycles. The van der Waals surface area contributed by atoms with Crippen molar-refractivity contribution >= 4 is 28.6 Å². The molecule has 3 aromatic carbocycles. The summed E-state index contributed by atoms with van der Waals surface area (Å²) in [5.41, 5.74) is 3.58. The molecule has 4 nitrogen and oxygen atoms in total. The summed E-state index contributed by atoms with van der Waals surface area (Å²) in [6, 6.07) is 19.7. The van der Waals surface area contributed by atoms with Crippen LogP contribution >= 0.6 is 0 Å². The molecule has 1 amide bonds. The Labute approximate surface area is 145 Å². The minimum absolute atomic E-state index is 0.305. The lowest BCUT2D eigenvalue weighted by molar-refractivity contribution is -0.121. The van der Waals surface area contributed by atoms with Crippen LogP contribution in [0.15, 0.2) is 71.8 Å². The average molecular weight is 335 g/mol. The number of anilines is 1. The fourth-order valence-electron chi connectivity index (χ4n) is 2.44. The van der Waals surface area contributed by atoms with Crippen LogP contribution < -0.4 is 10.7 Å². The summed E-state index contributed by atoms with van der Waals surface area (Å²) in [6.07, 6.45) is 1.29. The summed E-state index contributed by atoms with van der Waals surface area (Å²) in [7, 11) is 0. The zero-order valence-corrected chi connectivity index (χ0v) is 13.7. The lowest BCUT2D eigenvalue weighted by atomic mass is 10.1. The third kappa shape index (κ3) is 4.20. The van der Waals surface area contributed by atoms with E-state index >= 15 is 0 Å². The Bertz CT molecular complexity index is 923. The van der Waals surface area contributed by atoms with Crippen LogP contribution in [-0.2, 0) is 4.79 Å². The van der Waals surface area contributed by atoms with E-state index in [0.29, 0.717) is 5.56 Å². The van der Waals surface area contributed by atoms with E-state index in [9.17, 15) is 9.18 Å². The number of rotatable bonds is 5. The van der Waals surface area contributed by atoms with Crippen LogP contribution in [0.3, 0.4) is 0 Å². The molecule has 5 heteroatoms. The normalized spacial score (nSPS) is 12.2. The first kappa shape index (κ1) is 16.6. The quantitative estimate of drug-likeness (QED) is 0.548. The maximum Gasteiger partial charge on any atom is 0.262 e. The van der Waals surface area contributed by atoms with Gasteiger partial charge in [-0.05, 0) is 35.9 Å². The molecule has 0 unspecified atom stereocenters. The van der Waals surface area contributed by atoms with Crippen LogP contribution in [0.4, 0.5) is 10.1 Å². The molecule has 3 aromatic rings. The Morgan fingerprint density at radius 3 is 2.56 bits per heavy atom. The standard InChI is InChI=1S/C20H18FN3O/c1-14(20(25)24-22-13-17-8-4-5-9-19(17)21)23-18-11-10-15-6-2-3-7-16(15)12-18/h2-14,23H,1H3,(H,24,25)/b22-13-/t14-/m0/s1. The number of amides is 1. The first-order valence-corrected chi connectivity index (χ1v) is 7.96. The molecule has 2 N–H and O–H groups in total. The number of nitrogens with zero attached hydrogens (tertiary/aromatic N) is 1. The van der Waals surface area contributed by atoms with E-state index < -0.39 is 6.04 Å². The van der Waals surface area contributed by atoms with Gasteiger partial charge < -0.3 is 5.32 Å². The van der Waals surface area contributed by atoms with Crippen molar-refractivity contribution in [1.82, 2.24) is 5.43 Å². The van der Waals surface area contributed by atoms with Gasteiger partial charge in [-0.25, -0.2) is 9.82 Å². The molecule has 0 saturated heterocycles. The molecule has 0 aliphatic heterocycles. The maximum absolute atomic E-state index is 13.5. The summed E-state index contributed by atoms with van der Waals surface area (Å²) in [4.78, 5) is 12.1. The maximum atomic E-state index is 13.5. The van der Waals surface area contributed by atoms with Crippen LogP contribution in [0.1, 0.15) is 12.5 Å². The van der Waals surface area contributed by atoms with Gasteiger partial charge in [0.2, 0.25) is 0 Å². The SMILES string of the molecule is C[C@H](Nc1ccc2ccccc2c1)C(=O)N/N=C\c1ccccc1F. The highest BCUT2D eigenvalue weighted by Crippen LogP contribution is 2.19. The molecule has 0 aliphatic rings. The molecular weight excluding hydrogens is 317 g/mol. The Kier molecular flexibility index (Phi) is 5.04. The second kappa shape index (κ2) is 7.57. The predicted molar refractivity (Wildman–Crippen MR) is 99.2 cm³/mol. The Hall–Kier alpha value is -3.21. The first-order valence-electron chi connectivity index (χ1n) is 7.96. The van der Waals surface area contributed by atoms with Crippen LogP contribution in [0.2, 0.25) is 0 Å². The largest absolute Gasteiger partial charge is 0.374 e. The van der Waals surface area contributed by atoms with Crippen molar-refractivity contribution in [1.29, 1.82) is 0 Å². The Balaban J connectivity index is 1.61. The van der Waals surface area contributed by atoms with Gasteiger partial charge in [0.25, 0.3) is 5.91 Å². The van der Waals surface area contributed by atoms with Crippen LogP contribution in [0.25, 0.3) is 10.8 Å². The first-order chi connectivity index (χ1) is 12.1. The third-order valence-electron chi connectivity index (χ3n) is 3.81. The van der Waals surface area contributed by atoms with Crippen molar-refractivity contribution < 1.29 is 9.18 Å². The monoisotopic (exact) mass is 335 g/mol. The van der Waals surface area contributed by atoms with E-state index in [0.717, 1.165) is 16.5 Å². The van der Waals surface area contributed by atoms with Crippen molar-refractivity contribution in [2.75, 3.05) is 5.32 Å². The molecule has 0 bridgehead atoms. The number of benzene rings is 3. The smallest absolute Gasteiger partial charge is 0.262 e. The van der Waals surface area contributed by atoms with Gasteiger partial charge in [0.15, 0.2) is 0 Å². The van der Waals surface area contributed by atoms with Gasteiger partial charge in [-0.2, -0.15) is 5.10 Å². The summed E-state index contributed by atoms with van der Waals surface area (Å²) in [6.45, 7) is 1.74. The van der Waals surface area contributed by atoms with Gasteiger partial charge in [-0.15, -0.1) is 0 Å². The minimum Gasteiger partial charge on any atom is -0.374 e. The van der Waals surface area contributed by atoms with E-state index in [2.05, 4.69) is 15.8 Å². The van der Waals surface area contributed by atoms with Crippen molar-refractivity contribution in [3.05, 3.63) is 78.1 Å². The fourth-order valence-corrected chi connectivity index (χ4v) is 2.44. The predicted octanol–water partition coefficient (Wildman–Crippen LogP) is 3.93. The van der Waals surface area contributed by atoms with Gasteiger partial charge in [0, 0.05) is 11.3 Å². The number of nitrogens with one attached hydrogen (secondary N) is 2. The number of carbonyl (C=O) groups is 1. The molecular formula is C20H18FN3O. The molecule has 1 atom stereocenters. The molecule has 0 saturated carbocycles. The summed E-state index contributed by atoms with van der Waals surface area (Å²) >= 11 is 0. The summed E-state index contributed by atoms with van der Waals surface area (Å²) in [5, 5.41) is 9.18. The molecule has 0 fully saturated rings. The number of hydrogen-bond donors (Lipinski definition) is 2. The second-order valence-electron chi connectivity index (χ2n) is 5.68. The zero-order valence-electron chi connectivity index (χ0n) is 13.7. The fraction of sp³-hybridized carbons (Fsp3) is 0.100.